The zero-order valence-corrected chi connectivity index (χ0v) is 13.0. The van der Waals surface area contributed by atoms with Gasteiger partial charge in [-0.3, -0.25) is 5.43 Å². The van der Waals surface area contributed by atoms with E-state index >= 15 is 0 Å². The Bertz CT molecular complexity index is 446. The van der Waals surface area contributed by atoms with Gasteiger partial charge < -0.3 is 15.0 Å². The Morgan fingerprint density at radius 2 is 2.00 bits per heavy atom. The van der Waals surface area contributed by atoms with Crippen molar-refractivity contribution in [2.75, 3.05) is 35.3 Å². The lowest BCUT2D eigenvalue weighted by atomic mass is 10.1. The highest BCUT2D eigenvalue weighted by atomic mass is 16.5. The van der Waals surface area contributed by atoms with Crippen LogP contribution in [-0.2, 0) is 4.74 Å². The van der Waals surface area contributed by atoms with Crippen LogP contribution in [-0.4, -0.2) is 46.8 Å². The summed E-state index contributed by atoms with van der Waals surface area (Å²) in [5.41, 5.74) is 2.49. The fourth-order valence-electron chi connectivity index (χ4n) is 2.44. The van der Waals surface area contributed by atoms with Gasteiger partial charge in [-0.05, 0) is 33.6 Å². The molecule has 118 valence electrons. The fraction of sp³-hybridized carbons (Fsp3) is 0.769. The Labute approximate surface area is 125 Å². The number of rotatable bonds is 7. The number of ether oxygens (including phenoxy) is 1. The molecule has 21 heavy (non-hydrogen) atoms. The first-order valence-electron chi connectivity index (χ1n) is 7.53. The Morgan fingerprint density at radius 3 is 2.57 bits per heavy atom. The van der Waals surface area contributed by atoms with Crippen molar-refractivity contribution in [3.05, 3.63) is 0 Å². The zero-order valence-electron chi connectivity index (χ0n) is 13.0. The molecule has 2 rings (SSSR count). The molecule has 4 N–H and O–H groups in total. The molecule has 0 bridgehead atoms. The largest absolute Gasteiger partial charge is 0.376 e. The summed E-state index contributed by atoms with van der Waals surface area (Å²) in [4.78, 5) is 15.1. The second-order valence-electron chi connectivity index (χ2n) is 5.08. The molecule has 1 fully saturated rings. The van der Waals surface area contributed by atoms with Crippen LogP contribution in [0.1, 0.15) is 33.6 Å². The maximum atomic E-state index is 5.68. The molecule has 1 aromatic heterocycles. The van der Waals surface area contributed by atoms with E-state index in [-0.39, 0.29) is 12.1 Å². The van der Waals surface area contributed by atoms with E-state index in [2.05, 4.69) is 46.5 Å². The fourth-order valence-corrected chi connectivity index (χ4v) is 2.44. The van der Waals surface area contributed by atoms with Crippen LogP contribution in [0, 0.1) is 0 Å². The molecule has 2 atom stereocenters. The van der Waals surface area contributed by atoms with Gasteiger partial charge in [0.15, 0.2) is 0 Å². The lowest BCUT2D eigenvalue weighted by Crippen LogP contribution is -2.32. The average Bonchev–Trinajstić information content (AvgIpc) is 3.02. The number of hydrogen-bond donors (Lipinski definition) is 3. The van der Waals surface area contributed by atoms with Crippen molar-refractivity contribution in [3.8, 4) is 0 Å². The summed E-state index contributed by atoms with van der Waals surface area (Å²) in [6, 6.07) is 0.144. The summed E-state index contributed by atoms with van der Waals surface area (Å²) in [6.45, 7) is 8.67. The molecule has 8 heteroatoms. The normalized spacial score (nSPS) is 19.3. The molecule has 0 spiro atoms. The van der Waals surface area contributed by atoms with Gasteiger partial charge in [0, 0.05) is 19.7 Å². The molecule has 0 saturated carbocycles. The summed E-state index contributed by atoms with van der Waals surface area (Å²) in [6.07, 6.45) is 2.37. The van der Waals surface area contributed by atoms with Gasteiger partial charge in [0.2, 0.25) is 17.8 Å². The maximum absolute atomic E-state index is 5.68. The first-order valence-corrected chi connectivity index (χ1v) is 7.53. The molecule has 2 unspecified atom stereocenters. The van der Waals surface area contributed by atoms with Crippen LogP contribution in [0.5, 0.6) is 0 Å². The standard InChI is InChI=1S/C13H25N7O/c1-4-20(5-2)13-17-11(16-12(18-13)19-14)15-9(3)10-7-6-8-21-10/h9-10H,4-8,14H2,1-3H3,(H2,15,16,17,18,19). The molecule has 0 amide bonds. The van der Waals surface area contributed by atoms with Gasteiger partial charge >= 0.3 is 0 Å². The highest BCUT2D eigenvalue weighted by Crippen LogP contribution is 2.19. The molecule has 1 saturated heterocycles. The minimum absolute atomic E-state index is 0.144. The second kappa shape index (κ2) is 7.37. The number of nitrogens with one attached hydrogen (secondary N) is 2. The molecule has 0 aliphatic carbocycles. The van der Waals surface area contributed by atoms with Gasteiger partial charge in [0.05, 0.1) is 12.1 Å². The minimum Gasteiger partial charge on any atom is -0.376 e. The molecular weight excluding hydrogens is 270 g/mol. The first-order chi connectivity index (χ1) is 10.2. The molecule has 8 nitrogen and oxygen atoms in total. The summed E-state index contributed by atoms with van der Waals surface area (Å²) in [5, 5.41) is 3.29. The summed E-state index contributed by atoms with van der Waals surface area (Å²) < 4.78 is 5.68. The molecule has 0 aromatic carbocycles. The van der Waals surface area contributed by atoms with Crippen molar-refractivity contribution in [3.63, 3.8) is 0 Å². The van der Waals surface area contributed by atoms with E-state index < -0.39 is 0 Å². The number of nitrogen functional groups attached to an aromatic ring is 1. The predicted octanol–water partition coefficient (Wildman–Crippen LogP) is 0.983. The number of anilines is 3. The molecule has 1 aliphatic rings. The van der Waals surface area contributed by atoms with Gasteiger partial charge in [-0.15, -0.1) is 0 Å². The van der Waals surface area contributed by atoms with Crippen LogP contribution in [0.3, 0.4) is 0 Å². The Balaban J connectivity index is 2.15. The highest BCUT2D eigenvalue weighted by Gasteiger charge is 2.23. The van der Waals surface area contributed by atoms with Crippen molar-refractivity contribution in [2.24, 2.45) is 5.84 Å². The van der Waals surface area contributed by atoms with Crippen LogP contribution >= 0.6 is 0 Å². The van der Waals surface area contributed by atoms with Crippen molar-refractivity contribution >= 4 is 17.8 Å². The van der Waals surface area contributed by atoms with Crippen molar-refractivity contribution in [1.82, 2.24) is 15.0 Å². The van der Waals surface area contributed by atoms with Crippen LogP contribution in [0.25, 0.3) is 0 Å². The van der Waals surface area contributed by atoms with Gasteiger partial charge in [0.1, 0.15) is 0 Å². The monoisotopic (exact) mass is 295 g/mol. The highest BCUT2D eigenvalue weighted by molar-refractivity contribution is 5.43. The Hall–Kier alpha value is -1.67. The number of hydrazine groups is 1. The number of nitrogens with zero attached hydrogens (tertiary/aromatic N) is 4. The Kier molecular flexibility index (Phi) is 5.51. The van der Waals surface area contributed by atoms with Crippen LogP contribution < -0.4 is 21.5 Å². The van der Waals surface area contributed by atoms with Crippen LogP contribution in [0.2, 0.25) is 0 Å². The van der Waals surface area contributed by atoms with E-state index in [9.17, 15) is 0 Å². The zero-order chi connectivity index (χ0) is 15.2. The van der Waals surface area contributed by atoms with Crippen molar-refractivity contribution in [2.45, 2.75) is 45.8 Å². The molecule has 1 aromatic rings. The summed E-state index contributed by atoms with van der Waals surface area (Å²) >= 11 is 0. The third kappa shape index (κ3) is 3.92. The lowest BCUT2D eigenvalue weighted by Gasteiger charge is -2.22. The first kappa shape index (κ1) is 15.7. The quantitative estimate of drug-likeness (QED) is 0.505. The van der Waals surface area contributed by atoms with E-state index in [0.29, 0.717) is 17.8 Å². The maximum Gasteiger partial charge on any atom is 0.243 e. The number of aromatic nitrogens is 3. The van der Waals surface area contributed by atoms with Crippen molar-refractivity contribution < 1.29 is 4.74 Å². The van der Waals surface area contributed by atoms with E-state index in [1.165, 1.54) is 0 Å². The van der Waals surface area contributed by atoms with Gasteiger partial charge in [-0.25, -0.2) is 5.84 Å². The smallest absolute Gasteiger partial charge is 0.243 e. The molecule has 0 radical (unpaired) electrons. The predicted molar refractivity (Wildman–Crippen MR) is 83.3 cm³/mol. The number of nitrogens with two attached hydrogens (primary N) is 1. The topological polar surface area (TPSA) is 101 Å². The van der Waals surface area contributed by atoms with E-state index in [0.717, 1.165) is 32.5 Å². The SMILES string of the molecule is CCN(CC)c1nc(NN)nc(NC(C)C2CCCO2)n1. The van der Waals surface area contributed by atoms with Gasteiger partial charge in [-0.2, -0.15) is 15.0 Å². The molecule has 1 aliphatic heterocycles. The Morgan fingerprint density at radius 1 is 1.29 bits per heavy atom. The van der Waals surface area contributed by atoms with Crippen LogP contribution in [0.15, 0.2) is 0 Å². The third-order valence-corrected chi connectivity index (χ3v) is 3.68. The van der Waals surface area contributed by atoms with Crippen LogP contribution in [0.4, 0.5) is 17.8 Å². The summed E-state index contributed by atoms with van der Waals surface area (Å²) in [5.74, 6) is 6.94. The van der Waals surface area contributed by atoms with Crippen molar-refractivity contribution in [1.29, 1.82) is 0 Å². The number of hydrogen-bond acceptors (Lipinski definition) is 8. The van der Waals surface area contributed by atoms with E-state index in [1.807, 2.05) is 4.90 Å². The second-order valence-corrected chi connectivity index (χ2v) is 5.08. The lowest BCUT2D eigenvalue weighted by molar-refractivity contribution is 0.0994. The average molecular weight is 295 g/mol. The summed E-state index contributed by atoms with van der Waals surface area (Å²) in [7, 11) is 0. The molecule has 2 heterocycles. The molecular formula is C13H25N7O. The van der Waals surface area contributed by atoms with Gasteiger partial charge in [0.25, 0.3) is 0 Å². The van der Waals surface area contributed by atoms with Gasteiger partial charge in [-0.1, -0.05) is 0 Å². The third-order valence-electron chi connectivity index (χ3n) is 3.68. The van der Waals surface area contributed by atoms with E-state index in [4.69, 9.17) is 10.6 Å². The minimum atomic E-state index is 0.144. The van der Waals surface area contributed by atoms with E-state index in [1.54, 1.807) is 0 Å².